The number of hydrogen-bond donors (Lipinski definition) is 2. The van der Waals surface area contributed by atoms with E-state index in [2.05, 4.69) is 15.2 Å². The highest BCUT2D eigenvalue weighted by molar-refractivity contribution is 6.01. The Balaban J connectivity index is 1.80. The van der Waals surface area contributed by atoms with E-state index < -0.39 is 23.7 Å². The van der Waals surface area contributed by atoms with Gasteiger partial charge in [0.1, 0.15) is 0 Å². The van der Waals surface area contributed by atoms with Gasteiger partial charge in [0.05, 0.1) is 22.2 Å². The summed E-state index contributed by atoms with van der Waals surface area (Å²) in [5.74, 6) is -1.89. The van der Waals surface area contributed by atoms with Crippen LogP contribution in [0.25, 0.3) is 28.1 Å². The monoisotopic (exact) mass is 507 g/mol. The summed E-state index contributed by atoms with van der Waals surface area (Å²) >= 11 is 0. The maximum absolute atomic E-state index is 14.4. The largest absolute Gasteiger partial charge is 0.478 e. The van der Waals surface area contributed by atoms with Gasteiger partial charge in [-0.15, -0.1) is 0 Å². The van der Waals surface area contributed by atoms with E-state index in [1.54, 1.807) is 42.5 Å². The quantitative estimate of drug-likeness (QED) is 0.218. The fourth-order valence-corrected chi connectivity index (χ4v) is 4.60. The predicted molar refractivity (Wildman–Crippen MR) is 132 cm³/mol. The second-order valence-corrected chi connectivity index (χ2v) is 8.88. The highest BCUT2D eigenvalue weighted by atomic mass is 19.4. The normalized spacial score (nSPS) is 15.1. The molecule has 4 aromatic rings. The molecule has 1 aliphatic rings. The Hall–Kier alpha value is -4.27. The van der Waals surface area contributed by atoms with Gasteiger partial charge in [0, 0.05) is 12.3 Å². The first kappa shape index (κ1) is 24.4. The molecule has 1 aliphatic carbocycles. The zero-order chi connectivity index (χ0) is 26.2. The molecule has 2 aromatic carbocycles. The minimum absolute atomic E-state index is 0.141. The molecule has 5 rings (SSSR count). The topological polar surface area (TPSA) is 78.9 Å². The van der Waals surface area contributed by atoms with Gasteiger partial charge < -0.3 is 5.11 Å². The highest BCUT2D eigenvalue weighted by Crippen LogP contribution is 2.47. The van der Waals surface area contributed by atoms with Crippen LogP contribution in [0.4, 0.5) is 17.6 Å². The third-order valence-corrected chi connectivity index (χ3v) is 6.56. The molecule has 0 saturated heterocycles. The van der Waals surface area contributed by atoms with Gasteiger partial charge in [0.25, 0.3) is 0 Å². The van der Waals surface area contributed by atoms with Crippen LogP contribution in [-0.2, 0) is 11.0 Å². The van der Waals surface area contributed by atoms with Crippen LogP contribution in [0.1, 0.15) is 47.2 Å². The zero-order valence-electron chi connectivity index (χ0n) is 19.4. The number of benzene rings is 2. The van der Waals surface area contributed by atoms with Crippen LogP contribution < -0.4 is 0 Å². The first-order valence-corrected chi connectivity index (χ1v) is 11.6. The van der Waals surface area contributed by atoms with Crippen molar-refractivity contribution in [3.05, 3.63) is 101 Å². The number of nitrogens with zero attached hydrogens (tertiary/aromatic N) is 2. The first-order valence-electron chi connectivity index (χ1n) is 11.6. The molecule has 188 valence electrons. The number of H-pyrrole nitrogens is 1. The molecule has 5 nitrogen and oxygen atoms in total. The molecule has 2 N–H and O–H groups in total. The first-order chi connectivity index (χ1) is 17.7. The Labute approximate surface area is 209 Å². The molecule has 0 amide bonds. The van der Waals surface area contributed by atoms with Crippen molar-refractivity contribution in [1.82, 2.24) is 15.2 Å². The third kappa shape index (κ3) is 4.89. The summed E-state index contributed by atoms with van der Waals surface area (Å²) in [7, 11) is 0. The number of carboxylic acid groups (broad SMARTS) is 1. The third-order valence-electron chi connectivity index (χ3n) is 6.56. The van der Waals surface area contributed by atoms with Crippen LogP contribution in [0, 0.1) is 11.9 Å². The van der Waals surface area contributed by atoms with Crippen molar-refractivity contribution in [2.75, 3.05) is 0 Å². The lowest BCUT2D eigenvalue weighted by molar-refractivity contribution is -0.138. The molecular formula is C28H21F4N3O2. The van der Waals surface area contributed by atoms with Crippen molar-refractivity contribution in [2.45, 2.75) is 25.4 Å². The molecule has 1 fully saturated rings. The molecule has 37 heavy (non-hydrogen) atoms. The maximum atomic E-state index is 14.4. The lowest BCUT2D eigenvalue weighted by Crippen LogP contribution is -2.19. The average Bonchev–Trinajstić information content (AvgIpc) is 3.21. The van der Waals surface area contributed by atoms with Gasteiger partial charge in [-0.25, -0.2) is 4.79 Å². The van der Waals surface area contributed by atoms with Crippen LogP contribution in [0.5, 0.6) is 0 Å². The summed E-state index contributed by atoms with van der Waals surface area (Å²) < 4.78 is 56.7. The molecule has 2 heterocycles. The second kappa shape index (κ2) is 9.65. The Bertz CT molecular complexity index is 1530. The van der Waals surface area contributed by atoms with E-state index in [4.69, 9.17) is 5.11 Å². The predicted octanol–water partition coefficient (Wildman–Crippen LogP) is 6.97. The van der Waals surface area contributed by atoms with Gasteiger partial charge in [-0.05, 0) is 76.9 Å². The molecular weight excluding hydrogens is 486 g/mol. The van der Waals surface area contributed by atoms with Crippen molar-refractivity contribution in [3.8, 4) is 0 Å². The molecule has 0 atom stereocenters. The minimum Gasteiger partial charge on any atom is -0.478 e. The van der Waals surface area contributed by atoms with E-state index in [1.807, 2.05) is 0 Å². The number of allylic oxidation sites excluding steroid dienone is 1. The van der Waals surface area contributed by atoms with Crippen molar-refractivity contribution < 1.29 is 27.5 Å². The van der Waals surface area contributed by atoms with Crippen molar-refractivity contribution >= 4 is 34.1 Å². The summed E-state index contributed by atoms with van der Waals surface area (Å²) in [5.41, 5.74) is 2.15. The Morgan fingerprint density at radius 3 is 2.43 bits per heavy atom. The number of alkyl halides is 3. The molecule has 0 aliphatic heterocycles. The number of pyridine rings is 1. The van der Waals surface area contributed by atoms with Crippen molar-refractivity contribution in [1.29, 1.82) is 0 Å². The Kier molecular flexibility index (Phi) is 6.37. The Morgan fingerprint density at radius 2 is 1.78 bits per heavy atom. The summed E-state index contributed by atoms with van der Waals surface area (Å²) in [6, 6.07) is 14.0. The van der Waals surface area contributed by atoms with E-state index in [1.165, 1.54) is 18.3 Å². The number of aromatic nitrogens is 3. The molecule has 1 saturated carbocycles. The Morgan fingerprint density at radius 1 is 1.05 bits per heavy atom. The molecule has 9 heteroatoms. The van der Waals surface area contributed by atoms with Gasteiger partial charge >= 0.3 is 12.1 Å². The molecule has 0 unspecified atom stereocenters. The molecule has 0 bridgehead atoms. The number of halogens is 4. The molecule has 2 aromatic heterocycles. The zero-order valence-corrected chi connectivity index (χ0v) is 19.4. The second-order valence-electron chi connectivity index (χ2n) is 8.88. The highest BCUT2D eigenvalue weighted by Gasteiger charge is 2.38. The summed E-state index contributed by atoms with van der Waals surface area (Å²) in [6.07, 6.45) is 1.45. The number of carbonyl (C=O) groups is 1. The van der Waals surface area contributed by atoms with Crippen LogP contribution >= 0.6 is 0 Å². The minimum atomic E-state index is -4.62. The summed E-state index contributed by atoms with van der Waals surface area (Å²) in [6.45, 7) is 0. The van der Waals surface area contributed by atoms with Gasteiger partial charge in [-0.3, -0.25) is 10.1 Å². The van der Waals surface area contributed by atoms with Crippen LogP contribution in [-0.4, -0.2) is 26.3 Å². The lowest BCUT2D eigenvalue weighted by atomic mass is 9.73. The smallest absolute Gasteiger partial charge is 0.418 e. The number of hydrogen-bond acceptors (Lipinski definition) is 3. The molecule has 0 radical (unpaired) electrons. The number of fused-ring (bicyclic) bond motifs is 1. The number of carboxylic acids is 1. The fraction of sp³-hybridized carbons (Fsp3) is 0.179. The van der Waals surface area contributed by atoms with Crippen LogP contribution in [0.3, 0.4) is 0 Å². The maximum Gasteiger partial charge on any atom is 0.418 e. The van der Waals surface area contributed by atoms with Gasteiger partial charge in [0.15, 0.2) is 0 Å². The number of aliphatic carboxylic acids is 1. The van der Waals surface area contributed by atoms with Crippen molar-refractivity contribution in [3.63, 3.8) is 0 Å². The van der Waals surface area contributed by atoms with Gasteiger partial charge in [-0.1, -0.05) is 36.8 Å². The van der Waals surface area contributed by atoms with Crippen LogP contribution in [0.2, 0.25) is 0 Å². The van der Waals surface area contributed by atoms with Gasteiger partial charge in [-0.2, -0.15) is 22.7 Å². The van der Waals surface area contributed by atoms with E-state index in [0.717, 1.165) is 18.6 Å². The van der Waals surface area contributed by atoms with Crippen LogP contribution in [0.15, 0.2) is 66.9 Å². The fourth-order valence-electron chi connectivity index (χ4n) is 4.60. The van der Waals surface area contributed by atoms with E-state index in [-0.39, 0.29) is 17.0 Å². The number of rotatable bonds is 6. The summed E-state index contributed by atoms with van der Waals surface area (Å²) in [4.78, 5) is 15.1. The van der Waals surface area contributed by atoms with E-state index in [9.17, 15) is 22.4 Å². The van der Waals surface area contributed by atoms with E-state index >= 15 is 0 Å². The number of nitrogens with one attached hydrogen (secondary N) is 1. The molecule has 0 spiro atoms. The lowest BCUT2D eigenvalue weighted by Gasteiger charge is -2.32. The summed E-state index contributed by atoms with van der Waals surface area (Å²) in [5, 5.41) is 15.4. The standard InChI is InChI=1S/C28H21F4N3O2/c29-27-20-15-19(11-12-22(20)34-35-27)24(18-9-6-16(7-10-18)8-13-23(36)37)25(17-3-1-4-17)26-21(28(30,31)32)5-2-14-33-26/h2,5-15,17H,1,3-4H2,(H,34,35)(H,36,37). The van der Waals surface area contributed by atoms with Gasteiger partial charge in [0.2, 0.25) is 5.95 Å². The van der Waals surface area contributed by atoms with E-state index in [0.29, 0.717) is 46.2 Å². The number of aromatic amines is 1. The average molecular weight is 507 g/mol. The SMILES string of the molecule is O=C(O)C=Cc1ccc(C(=C(c2ncccc2C(F)(F)F)C2CCC2)c2ccc3n[nH]c(F)c3c2)cc1. The van der Waals surface area contributed by atoms with Crippen molar-refractivity contribution in [2.24, 2.45) is 5.92 Å².